The molecular formula is C29H35NO6S3. The third-order valence-corrected chi connectivity index (χ3v) is 10.7. The summed E-state index contributed by atoms with van der Waals surface area (Å²) >= 11 is 8.37. The van der Waals surface area contributed by atoms with Crippen LogP contribution in [0.1, 0.15) is 71.3 Å². The van der Waals surface area contributed by atoms with Crippen LogP contribution in [-0.4, -0.2) is 49.1 Å². The van der Waals surface area contributed by atoms with Crippen LogP contribution in [-0.2, 0) is 23.9 Å². The summed E-state index contributed by atoms with van der Waals surface area (Å²) in [6.45, 7) is 6.29. The summed E-state index contributed by atoms with van der Waals surface area (Å²) in [7, 11) is 2.55. The van der Waals surface area contributed by atoms with Crippen molar-refractivity contribution in [1.29, 1.82) is 0 Å². The highest BCUT2D eigenvalue weighted by Crippen LogP contribution is 2.56. The number of anilines is 1. The predicted octanol–water partition coefficient (Wildman–Crippen LogP) is 6.65. The number of carbonyl (C=O) groups is 3. The Balaban J connectivity index is 1.79. The molecule has 39 heavy (non-hydrogen) atoms. The highest BCUT2D eigenvalue weighted by molar-refractivity contribution is 8.29. The van der Waals surface area contributed by atoms with E-state index in [0.29, 0.717) is 39.4 Å². The van der Waals surface area contributed by atoms with Crippen molar-refractivity contribution < 1.29 is 28.6 Å². The molecule has 3 aliphatic rings. The first-order valence-corrected chi connectivity index (χ1v) is 15.3. The van der Waals surface area contributed by atoms with Crippen LogP contribution in [0.3, 0.4) is 0 Å². The molecule has 1 amide bonds. The third kappa shape index (κ3) is 5.93. The van der Waals surface area contributed by atoms with E-state index in [1.54, 1.807) is 0 Å². The Hall–Kier alpha value is -2.30. The van der Waals surface area contributed by atoms with E-state index < -0.39 is 17.5 Å². The minimum Gasteiger partial charge on any atom is -0.494 e. The zero-order chi connectivity index (χ0) is 28.3. The normalized spacial score (nSPS) is 19.2. The first kappa shape index (κ1) is 29.7. The maximum atomic E-state index is 13.8. The zero-order valence-electron chi connectivity index (χ0n) is 23.1. The molecule has 0 unspecified atom stereocenters. The largest absolute Gasteiger partial charge is 0.494 e. The van der Waals surface area contributed by atoms with Crippen LogP contribution in [0.4, 0.5) is 5.69 Å². The summed E-state index contributed by atoms with van der Waals surface area (Å²) in [5.41, 5.74) is 1.36. The van der Waals surface area contributed by atoms with Gasteiger partial charge in [-0.2, -0.15) is 0 Å². The molecule has 1 saturated carbocycles. The second kappa shape index (κ2) is 12.5. The third-order valence-electron chi connectivity index (χ3n) is 7.41. The van der Waals surface area contributed by atoms with Crippen LogP contribution in [0.2, 0.25) is 0 Å². The number of hydrogen-bond donors (Lipinski definition) is 0. The predicted molar refractivity (Wildman–Crippen MR) is 161 cm³/mol. The Morgan fingerprint density at radius 3 is 2.21 bits per heavy atom. The molecule has 0 aromatic heterocycles. The Bertz CT molecular complexity index is 1220. The Morgan fingerprint density at radius 1 is 1.03 bits per heavy atom. The maximum Gasteiger partial charge on any atom is 0.346 e. The minimum absolute atomic E-state index is 0.0396. The lowest BCUT2D eigenvalue weighted by atomic mass is 9.82. The van der Waals surface area contributed by atoms with E-state index in [0.717, 1.165) is 41.2 Å². The van der Waals surface area contributed by atoms with Gasteiger partial charge in [-0.1, -0.05) is 67.8 Å². The average Bonchev–Trinajstić information content (AvgIpc) is 3.37. The molecule has 1 fully saturated rings. The Labute approximate surface area is 244 Å². The minimum atomic E-state index is -0.817. The van der Waals surface area contributed by atoms with Crippen molar-refractivity contribution in [3.63, 3.8) is 0 Å². The fraction of sp³-hybridized carbons (Fsp3) is 0.517. The molecule has 0 N–H and O–H groups in total. The van der Waals surface area contributed by atoms with Gasteiger partial charge in [-0.15, -0.1) is 0 Å². The van der Waals surface area contributed by atoms with E-state index in [2.05, 4.69) is 0 Å². The molecule has 0 atom stereocenters. The van der Waals surface area contributed by atoms with Crippen molar-refractivity contribution in [2.75, 3.05) is 25.7 Å². The standard InChI is InChI=1S/C29H35NO6S3/c1-6-36-18-13-14-20-19(16-18)22(28-38-23(26(32)34-4)24(39-28)27(33)35-5)25(37)29(2,3)30(20)21(31)15-12-17-10-8-7-9-11-17/h13-14,16-17H,6-12,15H2,1-5H3. The lowest BCUT2D eigenvalue weighted by molar-refractivity contribution is -0.138. The maximum absolute atomic E-state index is 13.8. The summed E-state index contributed by atoms with van der Waals surface area (Å²) in [5.74, 6) is 0.0389. The molecule has 2 heterocycles. The Kier molecular flexibility index (Phi) is 9.49. The number of nitrogens with zero attached hydrogens (tertiary/aromatic N) is 1. The first-order valence-electron chi connectivity index (χ1n) is 13.3. The van der Waals surface area contributed by atoms with Gasteiger partial charge in [0, 0.05) is 17.6 Å². The molecule has 1 aromatic rings. The SMILES string of the molecule is CCOc1ccc2c(c1)C(=C1SC(C(=O)OC)=C(C(=O)OC)S1)C(=S)C(C)(C)N2C(=O)CCC1CCCCC1. The van der Waals surface area contributed by atoms with Crippen LogP contribution >= 0.6 is 35.7 Å². The summed E-state index contributed by atoms with van der Waals surface area (Å²) < 4.78 is 16.4. The summed E-state index contributed by atoms with van der Waals surface area (Å²) in [4.78, 5) is 41.7. The molecule has 10 heteroatoms. The van der Waals surface area contributed by atoms with Crippen LogP contribution in [0.25, 0.3) is 5.57 Å². The fourth-order valence-corrected chi connectivity index (χ4v) is 8.45. The van der Waals surface area contributed by atoms with Crippen molar-refractivity contribution in [2.45, 2.75) is 71.3 Å². The second-order valence-electron chi connectivity index (χ2n) is 10.3. The van der Waals surface area contributed by atoms with Crippen LogP contribution < -0.4 is 9.64 Å². The molecule has 1 aliphatic carbocycles. The van der Waals surface area contributed by atoms with E-state index in [-0.39, 0.29) is 15.7 Å². The highest BCUT2D eigenvalue weighted by atomic mass is 32.2. The summed E-state index contributed by atoms with van der Waals surface area (Å²) in [5, 5.41) is 0. The van der Waals surface area contributed by atoms with Gasteiger partial charge in [-0.25, -0.2) is 9.59 Å². The first-order chi connectivity index (χ1) is 18.6. The zero-order valence-corrected chi connectivity index (χ0v) is 25.5. The molecule has 1 aromatic carbocycles. The van der Waals surface area contributed by atoms with Crippen molar-refractivity contribution in [3.05, 3.63) is 37.8 Å². The van der Waals surface area contributed by atoms with Crippen LogP contribution in [0, 0.1) is 5.92 Å². The van der Waals surface area contributed by atoms with E-state index in [9.17, 15) is 14.4 Å². The monoisotopic (exact) mass is 589 g/mol. The van der Waals surface area contributed by atoms with Gasteiger partial charge < -0.3 is 19.1 Å². The van der Waals surface area contributed by atoms with E-state index in [1.165, 1.54) is 46.3 Å². The molecule has 2 aliphatic heterocycles. The smallest absolute Gasteiger partial charge is 0.346 e. The van der Waals surface area contributed by atoms with Gasteiger partial charge in [0.2, 0.25) is 5.91 Å². The van der Waals surface area contributed by atoms with Gasteiger partial charge in [0.25, 0.3) is 0 Å². The van der Waals surface area contributed by atoms with Crippen molar-refractivity contribution >= 4 is 69.7 Å². The van der Waals surface area contributed by atoms with Gasteiger partial charge in [0.05, 0.1) is 41.2 Å². The van der Waals surface area contributed by atoms with Gasteiger partial charge in [0.1, 0.15) is 15.6 Å². The molecule has 210 valence electrons. The number of esters is 2. The number of carbonyl (C=O) groups excluding carboxylic acids is 3. The van der Waals surface area contributed by atoms with E-state index >= 15 is 0 Å². The number of rotatable bonds is 7. The quantitative estimate of drug-likeness (QED) is 0.197. The molecule has 0 radical (unpaired) electrons. The van der Waals surface area contributed by atoms with Crippen molar-refractivity contribution in [2.24, 2.45) is 5.92 Å². The molecule has 4 rings (SSSR count). The topological polar surface area (TPSA) is 82.1 Å². The molecule has 7 nitrogen and oxygen atoms in total. The number of benzene rings is 1. The summed E-state index contributed by atoms with van der Waals surface area (Å²) in [6, 6.07) is 5.66. The van der Waals surface area contributed by atoms with Gasteiger partial charge in [-0.05, 0) is 51.3 Å². The van der Waals surface area contributed by atoms with Gasteiger partial charge in [0.15, 0.2) is 0 Å². The highest BCUT2D eigenvalue weighted by Gasteiger charge is 2.46. The number of thiocarbonyl (C=S) groups is 1. The molecule has 0 spiro atoms. The molecular weight excluding hydrogens is 555 g/mol. The lowest BCUT2D eigenvalue weighted by Gasteiger charge is -2.45. The number of thioether (sulfide) groups is 2. The van der Waals surface area contributed by atoms with Crippen LogP contribution in [0.5, 0.6) is 5.75 Å². The van der Waals surface area contributed by atoms with E-state index in [4.69, 9.17) is 26.4 Å². The Morgan fingerprint density at radius 2 is 1.64 bits per heavy atom. The molecule has 0 bridgehead atoms. The number of ether oxygens (including phenoxy) is 3. The number of methoxy groups -OCH3 is 2. The van der Waals surface area contributed by atoms with Crippen molar-refractivity contribution in [3.8, 4) is 5.75 Å². The number of fused-ring (bicyclic) bond motifs is 1. The number of hydrogen-bond acceptors (Lipinski definition) is 9. The molecule has 0 saturated heterocycles. The van der Waals surface area contributed by atoms with Gasteiger partial charge in [-0.3, -0.25) is 4.79 Å². The van der Waals surface area contributed by atoms with E-state index in [1.807, 2.05) is 43.9 Å². The second-order valence-corrected chi connectivity index (χ2v) is 13.0. The van der Waals surface area contributed by atoms with Crippen molar-refractivity contribution in [1.82, 2.24) is 0 Å². The van der Waals surface area contributed by atoms with Gasteiger partial charge >= 0.3 is 11.9 Å². The number of amides is 1. The summed E-state index contributed by atoms with van der Waals surface area (Å²) in [6.07, 6.45) is 7.47. The average molecular weight is 590 g/mol. The fourth-order valence-electron chi connectivity index (χ4n) is 5.42. The van der Waals surface area contributed by atoms with Crippen LogP contribution in [0.15, 0.2) is 32.2 Å². The lowest BCUT2D eigenvalue weighted by Crippen LogP contribution is -2.56.